The zero-order valence-corrected chi connectivity index (χ0v) is 10.1. The van der Waals surface area contributed by atoms with E-state index in [1.807, 2.05) is 20.8 Å². The molecule has 0 fully saturated rings. The third kappa shape index (κ3) is 3.07. The van der Waals surface area contributed by atoms with Gasteiger partial charge in [0.05, 0.1) is 12.6 Å². The molecule has 88 valence electrons. The van der Waals surface area contributed by atoms with Gasteiger partial charge in [-0.15, -0.1) is 0 Å². The highest BCUT2D eigenvalue weighted by Gasteiger charge is 2.18. The van der Waals surface area contributed by atoms with Crippen LogP contribution in [0, 0.1) is 5.92 Å². The summed E-state index contributed by atoms with van der Waals surface area (Å²) < 4.78 is 5.31. The lowest BCUT2D eigenvalue weighted by molar-refractivity contribution is 0.0940. The third-order valence-corrected chi connectivity index (χ3v) is 2.47. The van der Waals surface area contributed by atoms with Crippen LogP contribution in [-0.4, -0.2) is 18.4 Å². The van der Waals surface area contributed by atoms with Gasteiger partial charge in [0.15, 0.2) is 5.78 Å². The second kappa shape index (κ2) is 5.66. The van der Waals surface area contributed by atoms with Crippen LogP contribution in [0.15, 0.2) is 24.3 Å². The fraction of sp³-hybridized carbons (Fsp3) is 0.462. The van der Waals surface area contributed by atoms with Crippen LogP contribution in [0.5, 0.6) is 5.75 Å². The van der Waals surface area contributed by atoms with Gasteiger partial charge in [-0.2, -0.15) is 0 Å². The summed E-state index contributed by atoms with van der Waals surface area (Å²) in [5, 5.41) is 0. The first-order chi connectivity index (χ1) is 7.56. The SMILES string of the molecule is CCOc1ccc(C(=O)C(N)C(C)C)cc1. The molecule has 0 aliphatic carbocycles. The second-order valence-corrected chi connectivity index (χ2v) is 4.09. The fourth-order valence-corrected chi connectivity index (χ4v) is 1.38. The Labute approximate surface area is 96.6 Å². The van der Waals surface area contributed by atoms with Gasteiger partial charge in [0.25, 0.3) is 0 Å². The standard InChI is InChI=1S/C13H19NO2/c1-4-16-11-7-5-10(6-8-11)13(15)12(14)9(2)3/h5-9,12H,4,14H2,1-3H3. The largest absolute Gasteiger partial charge is 0.494 e. The van der Waals surface area contributed by atoms with Gasteiger partial charge in [-0.05, 0) is 37.1 Å². The average molecular weight is 221 g/mol. The van der Waals surface area contributed by atoms with Crippen LogP contribution in [0.3, 0.4) is 0 Å². The first kappa shape index (κ1) is 12.7. The molecule has 1 rings (SSSR count). The lowest BCUT2D eigenvalue weighted by Gasteiger charge is -2.14. The van der Waals surface area contributed by atoms with Crippen molar-refractivity contribution in [3.63, 3.8) is 0 Å². The number of Topliss-reactive ketones (excluding diaryl/α,β-unsaturated/α-hetero) is 1. The molecule has 0 saturated carbocycles. The molecule has 3 nitrogen and oxygen atoms in total. The van der Waals surface area contributed by atoms with E-state index in [-0.39, 0.29) is 11.7 Å². The number of carbonyl (C=O) groups is 1. The van der Waals surface area contributed by atoms with Gasteiger partial charge in [0, 0.05) is 5.56 Å². The molecule has 1 aromatic carbocycles. The van der Waals surface area contributed by atoms with Crippen LogP contribution in [-0.2, 0) is 0 Å². The zero-order valence-electron chi connectivity index (χ0n) is 10.1. The minimum absolute atomic E-state index is 0.0157. The normalized spacial score (nSPS) is 12.6. The summed E-state index contributed by atoms with van der Waals surface area (Å²) in [6.45, 7) is 6.43. The molecule has 0 saturated heterocycles. The van der Waals surface area contributed by atoms with E-state index in [9.17, 15) is 4.79 Å². The summed E-state index contributed by atoms with van der Waals surface area (Å²) >= 11 is 0. The molecular formula is C13H19NO2. The number of carbonyl (C=O) groups excluding carboxylic acids is 1. The highest BCUT2D eigenvalue weighted by atomic mass is 16.5. The second-order valence-electron chi connectivity index (χ2n) is 4.09. The topological polar surface area (TPSA) is 52.3 Å². The molecule has 1 atom stereocenters. The molecule has 0 radical (unpaired) electrons. The molecule has 1 aromatic rings. The quantitative estimate of drug-likeness (QED) is 0.776. The van der Waals surface area contributed by atoms with Crippen molar-refractivity contribution in [2.24, 2.45) is 11.7 Å². The Balaban J connectivity index is 2.77. The van der Waals surface area contributed by atoms with Crippen molar-refractivity contribution < 1.29 is 9.53 Å². The first-order valence-electron chi connectivity index (χ1n) is 5.59. The molecule has 0 aromatic heterocycles. The summed E-state index contributed by atoms with van der Waals surface area (Å²) in [6.07, 6.45) is 0. The number of nitrogens with two attached hydrogens (primary N) is 1. The molecule has 0 bridgehead atoms. The Hall–Kier alpha value is -1.35. The van der Waals surface area contributed by atoms with Crippen molar-refractivity contribution in [1.29, 1.82) is 0 Å². The maximum atomic E-state index is 11.9. The minimum atomic E-state index is -0.432. The highest BCUT2D eigenvalue weighted by Crippen LogP contribution is 2.14. The fourth-order valence-electron chi connectivity index (χ4n) is 1.38. The van der Waals surface area contributed by atoms with Crippen molar-refractivity contribution in [2.45, 2.75) is 26.8 Å². The third-order valence-electron chi connectivity index (χ3n) is 2.47. The van der Waals surface area contributed by atoms with Crippen molar-refractivity contribution in [1.82, 2.24) is 0 Å². The molecular weight excluding hydrogens is 202 g/mol. The average Bonchev–Trinajstić information content (AvgIpc) is 2.28. The summed E-state index contributed by atoms with van der Waals surface area (Å²) in [7, 11) is 0. The van der Waals surface area contributed by atoms with Gasteiger partial charge in [0.1, 0.15) is 5.75 Å². The van der Waals surface area contributed by atoms with Crippen LogP contribution in [0.2, 0.25) is 0 Å². The van der Waals surface area contributed by atoms with E-state index in [2.05, 4.69) is 0 Å². The van der Waals surface area contributed by atoms with Gasteiger partial charge in [-0.3, -0.25) is 4.79 Å². The van der Waals surface area contributed by atoms with E-state index in [4.69, 9.17) is 10.5 Å². The maximum absolute atomic E-state index is 11.9. The smallest absolute Gasteiger partial charge is 0.179 e. The first-order valence-corrected chi connectivity index (χ1v) is 5.59. The molecule has 16 heavy (non-hydrogen) atoms. The van der Waals surface area contributed by atoms with Gasteiger partial charge in [0.2, 0.25) is 0 Å². The van der Waals surface area contributed by atoms with Crippen molar-refractivity contribution in [2.75, 3.05) is 6.61 Å². The zero-order chi connectivity index (χ0) is 12.1. The van der Waals surface area contributed by atoms with E-state index < -0.39 is 6.04 Å². The van der Waals surface area contributed by atoms with Crippen molar-refractivity contribution >= 4 is 5.78 Å². The molecule has 0 spiro atoms. The number of rotatable bonds is 5. The molecule has 0 aliphatic rings. The monoisotopic (exact) mass is 221 g/mol. The van der Waals surface area contributed by atoms with E-state index in [0.717, 1.165) is 5.75 Å². The summed E-state index contributed by atoms with van der Waals surface area (Å²) in [5.74, 6) is 0.911. The van der Waals surface area contributed by atoms with E-state index >= 15 is 0 Å². The summed E-state index contributed by atoms with van der Waals surface area (Å²) in [6, 6.07) is 6.68. The molecule has 0 amide bonds. The van der Waals surface area contributed by atoms with E-state index in [1.54, 1.807) is 24.3 Å². The molecule has 0 aliphatic heterocycles. The molecule has 2 N–H and O–H groups in total. The minimum Gasteiger partial charge on any atom is -0.494 e. The summed E-state index contributed by atoms with van der Waals surface area (Å²) in [5.41, 5.74) is 6.45. The predicted octanol–water partition coefficient (Wildman–Crippen LogP) is 2.25. The lowest BCUT2D eigenvalue weighted by atomic mass is 9.96. The van der Waals surface area contributed by atoms with Crippen LogP contribution < -0.4 is 10.5 Å². The van der Waals surface area contributed by atoms with Crippen molar-refractivity contribution in [3.05, 3.63) is 29.8 Å². The number of ketones is 1. The van der Waals surface area contributed by atoms with Crippen LogP contribution in [0.1, 0.15) is 31.1 Å². The Morgan fingerprint density at radius 3 is 2.31 bits per heavy atom. The van der Waals surface area contributed by atoms with E-state index in [0.29, 0.717) is 12.2 Å². The molecule has 3 heteroatoms. The van der Waals surface area contributed by atoms with Crippen LogP contribution in [0.4, 0.5) is 0 Å². The number of benzene rings is 1. The molecule has 0 heterocycles. The number of hydrogen-bond acceptors (Lipinski definition) is 3. The van der Waals surface area contributed by atoms with Gasteiger partial charge in [-0.1, -0.05) is 13.8 Å². The Bertz CT molecular complexity index is 343. The van der Waals surface area contributed by atoms with E-state index in [1.165, 1.54) is 0 Å². The highest BCUT2D eigenvalue weighted by molar-refractivity contribution is 6.00. The predicted molar refractivity (Wildman–Crippen MR) is 64.8 cm³/mol. The van der Waals surface area contributed by atoms with Crippen LogP contribution >= 0.6 is 0 Å². The Kier molecular flexibility index (Phi) is 4.50. The Morgan fingerprint density at radius 2 is 1.88 bits per heavy atom. The number of ether oxygens (including phenoxy) is 1. The van der Waals surface area contributed by atoms with Crippen LogP contribution in [0.25, 0.3) is 0 Å². The van der Waals surface area contributed by atoms with Gasteiger partial charge < -0.3 is 10.5 Å². The van der Waals surface area contributed by atoms with Gasteiger partial charge >= 0.3 is 0 Å². The Morgan fingerprint density at radius 1 is 1.31 bits per heavy atom. The number of hydrogen-bond donors (Lipinski definition) is 1. The summed E-state index contributed by atoms with van der Waals surface area (Å²) in [4.78, 5) is 11.9. The molecule has 1 unspecified atom stereocenters. The lowest BCUT2D eigenvalue weighted by Crippen LogP contribution is -2.35. The maximum Gasteiger partial charge on any atom is 0.179 e. The van der Waals surface area contributed by atoms with Crippen molar-refractivity contribution in [3.8, 4) is 5.75 Å². The van der Waals surface area contributed by atoms with Gasteiger partial charge in [-0.25, -0.2) is 0 Å².